The molecule has 0 heterocycles. The van der Waals surface area contributed by atoms with Gasteiger partial charge in [0, 0.05) is 0 Å². The van der Waals surface area contributed by atoms with Gasteiger partial charge >= 0.3 is 8.25 Å². The van der Waals surface area contributed by atoms with E-state index in [0.717, 1.165) is 25.7 Å². The van der Waals surface area contributed by atoms with Crippen molar-refractivity contribution >= 4 is 8.25 Å². The van der Waals surface area contributed by atoms with Crippen molar-refractivity contribution in [3.8, 4) is 0 Å². The Morgan fingerprint density at radius 2 is 1.33 bits per heavy atom. The highest BCUT2D eigenvalue weighted by Crippen LogP contribution is 2.38. The summed E-state index contributed by atoms with van der Waals surface area (Å²) >= 11 is 0. The second-order valence-corrected chi connectivity index (χ2v) is 4.56. The van der Waals surface area contributed by atoms with E-state index >= 15 is 0 Å². The molecule has 2 aliphatic carbocycles. The average molecular weight is 190 g/mol. The van der Waals surface area contributed by atoms with Gasteiger partial charge in [-0.3, -0.25) is 4.57 Å². The summed E-state index contributed by atoms with van der Waals surface area (Å²) in [6.07, 6.45) is 7.13. The Morgan fingerprint density at radius 1 is 0.917 bits per heavy atom. The summed E-state index contributed by atoms with van der Waals surface area (Å²) in [7, 11) is -2.16. The van der Waals surface area contributed by atoms with E-state index in [1.165, 1.54) is 12.8 Å². The molecular formula is C8H15O3P. The number of rotatable bonds is 4. The molecule has 0 radical (unpaired) electrons. The van der Waals surface area contributed by atoms with Crippen molar-refractivity contribution in [3.05, 3.63) is 0 Å². The van der Waals surface area contributed by atoms with Crippen molar-refractivity contribution in [1.29, 1.82) is 0 Å². The van der Waals surface area contributed by atoms with Crippen LogP contribution in [0.1, 0.15) is 38.5 Å². The first kappa shape index (κ1) is 8.74. The molecule has 0 saturated heterocycles. The molecule has 0 N–H and O–H groups in total. The van der Waals surface area contributed by atoms with Crippen molar-refractivity contribution in [1.82, 2.24) is 0 Å². The van der Waals surface area contributed by atoms with Crippen LogP contribution in [-0.2, 0) is 13.6 Å². The molecule has 2 aliphatic rings. The first-order valence-corrected chi connectivity index (χ1v) is 5.94. The maximum Gasteiger partial charge on any atom is 0.319 e. The second-order valence-electron chi connectivity index (χ2n) is 3.59. The minimum absolute atomic E-state index is 0.233. The maximum absolute atomic E-state index is 11.2. The van der Waals surface area contributed by atoms with Crippen LogP contribution in [0.5, 0.6) is 0 Å². The van der Waals surface area contributed by atoms with E-state index in [0.29, 0.717) is 0 Å². The van der Waals surface area contributed by atoms with Crippen molar-refractivity contribution < 1.29 is 13.6 Å². The molecule has 2 saturated carbocycles. The molecule has 0 aliphatic heterocycles. The zero-order chi connectivity index (χ0) is 8.39. The van der Waals surface area contributed by atoms with Crippen LogP contribution in [0, 0.1) is 0 Å². The normalized spacial score (nSPS) is 25.4. The highest BCUT2D eigenvalue weighted by molar-refractivity contribution is 7.33. The molecule has 0 amide bonds. The Balaban J connectivity index is 1.62. The summed E-state index contributed by atoms with van der Waals surface area (Å²) in [5.41, 5.74) is 0. The predicted octanol–water partition coefficient (Wildman–Crippen LogP) is 2.51. The van der Waals surface area contributed by atoms with Crippen LogP contribution in [0.3, 0.4) is 0 Å². The summed E-state index contributed by atoms with van der Waals surface area (Å²) in [6, 6.07) is 0. The average Bonchev–Trinajstić information content (AvgIpc) is 1.89. The predicted molar refractivity (Wildman–Crippen MR) is 46.4 cm³/mol. The fraction of sp³-hybridized carbons (Fsp3) is 1.00. The maximum atomic E-state index is 11.2. The third-order valence-corrected chi connectivity index (χ3v) is 3.68. The Bertz CT molecular complexity index is 157. The summed E-state index contributed by atoms with van der Waals surface area (Å²) in [5.74, 6) is 0. The van der Waals surface area contributed by atoms with Crippen LogP contribution in [0.4, 0.5) is 0 Å². The molecule has 0 aromatic heterocycles. The van der Waals surface area contributed by atoms with Crippen molar-refractivity contribution in [2.24, 2.45) is 0 Å². The van der Waals surface area contributed by atoms with Crippen LogP contribution in [0.2, 0.25) is 0 Å². The lowest BCUT2D eigenvalue weighted by Gasteiger charge is -2.28. The summed E-state index contributed by atoms with van der Waals surface area (Å²) < 4.78 is 21.6. The molecule has 0 unspecified atom stereocenters. The minimum Gasteiger partial charge on any atom is -0.307 e. The Morgan fingerprint density at radius 3 is 1.58 bits per heavy atom. The van der Waals surface area contributed by atoms with Gasteiger partial charge in [-0.05, 0) is 38.5 Å². The molecule has 0 aromatic carbocycles. The van der Waals surface area contributed by atoms with Gasteiger partial charge in [-0.1, -0.05) is 0 Å². The molecule has 0 aromatic rings. The van der Waals surface area contributed by atoms with Crippen LogP contribution < -0.4 is 0 Å². The fourth-order valence-electron chi connectivity index (χ4n) is 1.28. The molecule has 0 spiro atoms. The Hall–Kier alpha value is 0.150. The number of hydrogen-bond donors (Lipinski definition) is 0. The molecular weight excluding hydrogens is 175 g/mol. The van der Waals surface area contributed by atoms with Crippen LogP contribution >= 0.6 is 8.25 Å². The number of hydrogen-bond acceptors (Lipinski definition) is 3. The first-order chi connectivity index (χ1) is 5.84. The lowest BCUT2D eigenvalue weighted by Crippen LogP contribution is -2.22. The smallest absolute Gasteiger partial charge is 0.307 e. The Kier molecular flexibility index (Phi) is 2.84. The zero-order valence-corrected chi connectivity index (χ0v) is 8.12. The van der Waals surface area contributed by atoms with Gasteiger partial charge in [-0.2, -0.15) is 0 Å². The van der Waals surface area contributed by atoms with Gasteiger partial charge < -0.3 is 9.05 Å². The van der Waals surface area contributed by atoms with Crippen LogP contribution in [-0.4, -0.2) is 12.2 Å². The van der Waals surface area contributed by atoms with Crippen molar-refractivity contribution in [2.75, 3.05) is 0 Å². The lowest BCUT2D eigenvalue weighted by molar-refractivity contribution is 0.0618. The van der Waals surface area contributed by atoms with E-state index in [-0.39, 0.29) is 12.2 Å². The SMILES string of the molecule is O=[PH](OC1CCC1)OC1CCC1. The second kappa shape index (κ2) is 3.91. The van der Waals surface area contributed by atoms with Gasteiger partial charge in [0.2, 0.25) is 0 Å². The first-order valence-electron chi connectivity index (χ1n) is 4.72. The molecule has 2 fully saturated rings. The van der Waals surface area contributed by atoms with Gasteiger partial charge in [0.15, 0.2) is 0 Å². The van der Waals surface area contributed by atoms with E-state index in [4.69, 9.17) is 9.05 Å². The largest absolute Gasteiger partial charge is 0.319 e. The molecule has 12 heavy (non-hydrogen) atoms. The highest BCUT2D eigenvalue weighted by atomic mass is 31.1. The molecule has 0 bridgehead atoms. The van der Waals surface area contributed by atoms with Gasteiger partial charge in [-0.25, -0.2) is 0 Å². The van der Waals surface area contributed by atoms with E-state index in [1.54, 1.807) is 0 Å². The molecule has 2 rings (SSSR count). The third-order valence-electron chi connectivity index (χ3n) is 2.63. The molecule has 4 heteroatoms. The van der Waals surface area contributed by atoms with Crippen molar-refractivity contribution in [3.63, 3.8) is 0 Å². The van der Waals surface area contributed by atoms with Gasteiger partial charge in [0.1, 0.15) is 0 Å². The molecule has 0 atom stereocenters. The zero-order valence-electron chi connectivity index (χ0n) is 7.12. The Labute approximate surface area is 73.4 Å². The van der Waals surface area contributed by atoms with Gasteiger partial charge in [0.05, 0.1) is 12.2 Å². The summed E-state index contributed by atoms with van der Waals surface area (Å²) in [6.45, 7) is 0. The monoisotopic (exact) mass is 190 g/mol. The molecule has 70 valence electrons. The van der Waals surface area contributed by atoms with E-state index in [2.05, 4.69) is 0 Å². The third kappa shape index (κ3) is 2.09. The lowest BCUT2D eigenvalue weighted by atomic mass is 9.97. The van der Waals surface area contributed by atoms with Gasteiger partial charge in [-0.15, -0.1) is 0 Å². The van der Waals surface area contributed by atoms with E-state index in [1.807, 2.05) is 0 Å². The van der Waals surface area contributed by atoms with Crippen LogP contribution in [0.15, 0.2) is 0 Å². The minimum atomic E-state index is -2.16. The summed E-state index contributed by atoms with van der Waals surface area (Å²) in [5, 5.41) is 0. The molecule has 3 nitrogen and oxygen atoms in total. The standard InChI is InChI=1S/C8H15O3P/c9-12(10-7-3-1-4-7)11-8-5-2-6-8/h7-8,12H,1-6H2. The quantitative estimate of drug-likeness (QED) is 0.639. The van der Waals surface area contributed by atoms with Crippen molar-refractivity contribution in [2.45, 2.75) is 50.7 Å². The van der Waals surface area contributed by atoms with Gasteiger partial charge in [0.25, 0.3) is 0 Å². The topological polar surface area (TPSA) is 35.5 Å². The fourth-order valence-corrected chi connectivity index (χ4v) is 2.35. The van der Waals surface area contributed by atoms with Crippen LogP contribution in [0.25, 0.3) is 0 Å². The van der Waals surface area contributed by atoms with E-state index < -0.39 is 8.25 Å². The highest BCUT2D eigenvalue weighted by Gasteiger charge is 2.24. The summed E-state index contributed by atoms with van der Waals surface area (Å²) in [4.78, 5) is 0. The van der Waals surface area contributed by atoms with E-state index in [9.17, 15) is 4.57 Å².